The van der Waals surface area contributed by atoms with Gasteiger partial charge in [-0.15, -0.1) is 0 Å². The van der Waals surface area contributed by atoms with E-state index in [4.69, 9.17) is 5.11 Å². The predicted octanol–water partition coefficient (Wildman–Crippen LogP) is 1.79. The van der Waals surface area contributed by atoms with E-state index in [0.717, 1.165) is 0 Å². The molecular weight excluding hydrogens is 212 g/mol. The number of carboxylic acid groups (broad SMARTS) is 1. The third kappa shape index (κ3) is 2.69. The van der Waals surface area contributed by atoms with E-state index < -0.39 is 16.9 Å². The Hall–Kier alpha value is -2.11. The predicted molar refractivity (Wildman–Crippen MR) is 58.6 cm³/mol. The van der Waals surface area contributed by atoms with Crippen molar-refractivity contribution in [2.75, 3.05) is 5.32 Å². The van der Waals surface area contributed by atoms with Crippen molar-refractivity contribution < 1.29 is 14.8 Å². The number of anilines is 1. The smallest absolute Gasteiger partial charge is 0.325 e. The molecule has 1 unspecified atom stereocenters. The minimum Gasteiger partial charge on any atom is -0.480 e. The number of hydrogen-bond acceptors (Lipinski definition) is 4. The molecule has 0 radical (unpaired) electrons. The van der Waals surface area contributed by atoms with Crippen LogP contribution in [0.25, 0.3) is 0 Å². The lowest BCUT2D eigenvalue weighted by atomic mass is 10.1. The van der Waals surface area contributed by atoms with Gasteiger partial charge in [0, 0.05) is 17.3 Å². The van der Waals surface area contributed by atoms with Gasteiger partial charge >= 0.3 is 5.97 Å². The molecule has 6 heteroatoms. The molecule has 1 rings (SSSR count). The van der Waals surface area contributed by atoms with Gasteiger partial charge in [-0.2, -0.15) is 0 Å². The van der Waals surface area contributed by atoms with Gasteiger partial charge in [-0.25, -0.2) is 0 Å². The molecule has 0 aliphatic heterocycles. The average molecular weight is 224 g/mol. The van der Waals surface area contributed by atoms with E-state index >= 15 is 0 Å². The summed E-state index contributed by atoms with van der Waals surface area (Å²) in [4.78, 5) is 20.7. The third-order valence-electron chi connectivity index (χ3n) is 2.15. The van der Waals surface area contributed by atoms with Crippen molar-refractivity contribution in [2.24, 2.45) is 0 Å². The van der Waals surface area contributed by atoms with Crippen LogP contribution in [-0.2, 0) is 4.79 Å². The number of nitro groups is 1. The van der Waals surface area contributed by atoms with Crippen LogP contribution in [0.2, 0.25) is 0 Å². The highest BCUT2D eigenvalue weighted by atomic mass is 16.6. The van der Waals surface area contributed by atoms with Crippen LogP contribution in [-0.4, -0.2) is 22.0 Å². The summed E-state index contributed by atoms with van der Waals surface area (Å²) in [5.41, 5.74) is 1.07. The van der Waals surface area contributed by atoms with Gasteiger partial charge in [0.25, 0.3) is 5.69 Å². The van der Waals surface area contributed by atoms with Gasteiger partial charge in [0.1, 0.15) is 6.04 Å². The number of nitrogens with one attached hydrogen (secondary N) is 1. The van der Waals surface area contributed by atoms with Crippen LogP contribution in [0.3, 0.4) is 0 Å². The fraction of sp³-hybridized carbons (Fsp3) is 0.300. The van der Waals surface area contributed by atoms with Crippen molar-refractivity contribution in [1.29, 1.82) is 0 Å². The van der Waals surface area contributed by atoms with Crippen molar-refractivity contribution >= 4 is 17.3 Å². The Labute approximate surface area is 92.0 Å². The van der Waals surface area contributed by atoms with Gasteiger partial charge in [0.15, 0.2) is 0 Å². The Morgan fingerprint density at radius 2 is 2.19 bits per heavy atom. The highest BCUT2D eigenvalue weighted by molar-refractivity contribution is 5.76. The molecule has 0 fully saturated rings. The Kier molecular flexibility index (Phi) is 3.44. The SMILES string of the molecule is Cc1cc(NC(C)C(=O)O)ccc1[N+](=O)[O-]. The van der Waals surface area contributed by atoms with Crippen molar-refractivity contribution in [2.45, 2.75) is 19.9 Å². The summed E-state index contributed by atoms with van der Waals surface area (Å²) >= 11 is 0. The molecule has 86 valence electrons. The molecule has 0 spiro atoms. The van der Waals surface area contributed by atoms with E-state index in [2.05, 4.69) is 5.32 Å². The first-order chi connectivity index (χ1) is 7.41. The number of hydrogen-bond donors (Lipinski definition) is 2. The van der Waals surface area contributed by atoms with Crippen LogP contribution in [0.1, 0.15) is 12.5 Å². The van der Waals surface area contributed by atoms with Crippen LogP contribution in [0, 0.1) is 17.0 Å². The third-order valence-corrected chi connectivity index (χ3v) is 2.15. The number of aliphatic carboxylic acids is 1. The largest absolute Gasteiger partial charge is 0.480 e. The molecule has 6 nitrogen and oxygen atoms in total. The molecule has 2 N–H and O–H groups in total. The molecule has 0 aromatic heterocycles. The monoisotopic (exact) mass is 224 g/mol. The van der Waals surface area contributed by atoms with E-state index in [1.807, 2.05) is 0 Å². The first-order valence-corrected chi connectivity index (χ1v) is 4.66. The summed E-state index contributed by atoms with van der Waals surface area (Å²) in [6, 6.07) is 3.66. The van der Waals surface area contributed by atoms with Crippen LogP contribution < -0.4 is 5.32 Å². The molecule has 1 aromatic rings. The summed E-state index contributed by atoms with van der Waals surface area (Å²) in [6.07, 6.45) is 0. The lowest BCUT2D eigenvalue weighted by Gasteiger charge is -2.11. The Bertz CT molecular complexity index is 431. The average Bonchev–Trinajstić information content (AvgIpc) is 2.16. The lowest BCUT2D eigenvalue weighted by molar-refractivity contribution is -0.385. The molecule has 0 amide bonds. The molecule has 1 atom stereocenters. The van der Waals surface area contributed by atoms with Crippen molar-refractivity contribution in [3.05, 3.63) is 33.9 Å². The molecule has 0 saturated carbocycles. The number of carbonyl (C=O) groups is 1. The number of nitro benzene ring substituents is 1. The zero-order chi connectivity index (χ0) is 12.3. The van der Waals surface area contributed by atoms with E-state index in [0.29, 0.717) is 11.3 Å². The van der Waals surface area contributed by atoms with Crippen LogP contribution >= 0.6 is 0 Å². The molecule has 16 heavy (non-hydrogen) atoms. The highest BCUT2D eigenvalue weighted by Crippen LogP contribution is 2.21. The van der Waals surface area contributed by atoms with E-state index in [-0.39, 0.29) is 5.69 Å². The van der Waals surface area contributed by atoms with Gasteiger partial charge < -0.3 is 10.4 Å². The molecule has 0 aliphatic carbocycles. The highest BCUT2D eigenvalue weighted by Gasteiger charge is 2.13. The van der Waals surface area contributed by atoms with Crippen molar-refractivity contribution in [3.8, 4) is 0 Å². The Morgan fingerprint density at radius 3 is 2.62 bits per heavy atom. The number of carboxylic acids is 1. The maximum absolute atomic E-state index is 10.6. The first kappa shape index (κ1) is 12.0. The fourth-order valence-electron chi connectivity index (χ4n) is 1.26. The van der Waals surface area contributed by atoms with E-state index in [9.17, 15) is 14.9 Å². The van der Waals surface area contributed by atoms with Gasteiger partial charge in [0.2, 0.25) is 0 Å². The molecule has 0 saturated heterocycles. The summed E-state index contributed by atoms with van der Waals surface area (Å²) in [5.74, 6) is -0.976. The van der Waals surface area contributed by atoms with E-state index in [1.165, 1.54) is 19.1 Å². The molecule has 0 heterocycles. The van der Waals surface area contributed by atoms with Gasteiger partial charge in [-0.1, -0.05) is 0 Å². The topological polar surface area (TPSA) is 92.5 Å². The maximum atomic E-state index is 10.6. The summed E-state index contributed by atoms with van der Waals surface area (Å²) in [6.45, 7) is 3.10. The summed E-state index contributed by atoms with van der Waals surface area (Å²) in [7, 11) is 0. The van der Waals surface area contributed by atoms with E-state index in [1.54, 1.807) is 13.0 Å². The zero-order valence-electron chi connectivity index (χ0n) is 8.93. The molecule has 1 aromatic carbocycles. The summed E-state index contributed by atoms with van der Waals surface area (Å²) in [5, 5.41) is 22.0. The number of benzene rings is 1. The maximum Gasteiger partial charge on any atom is 0.325 e. The Balaban J connectivity index is 2.89. The van der Waals surface area contributed by atoms with Crippen LogP contribution in [0.5, 0.6) is 0 Å². The standard InChI is InChI=1S/C10H12N2O4/c1-6-5-8(11-7(2)10(13)14)3-4-9(6)12(15)16/h3-5,7,11H,1-2H3,(H,13,14). The fourth-order valence-corrected chi connectivity index (χ4v) is 1.26. The minimum atomic E-state index is -0.976. The van der Waals surface area contributed by atoms with Gasteiger partial charge in [0.05, 0.1) is 4.92 Å². The quantitative estimate of drug-likeness (QED) is 0.600. The second kappa shape index (κ2) is 4.61. The second-order valence-electron chi connectivity index (χ2n) is 3.46. The summed E-state index contributed by atoms with van der Waals surface area (Å²) < 4.78 is 0. The molecule has 0 bridgehead atoms. The Morgan fingerprint density at radius 1 is 1.56 bits per heavy atom. The zero-order valence-corrected chi connectivity index (χ0v) is 8.93. The second-order valence-corrected chi connectivity index (χ2v) is 3.46. The van der Waals surface area contributed by atoms with Crippen molar-refractivity contribution in [1.82, 2.24) is 0 Å². The normalized spacial score (nSPS) is 11.9. The van der Waals surface area contributed by atoms with Gasteiger partial charge in [-0.05, 0) is 26.0 Å². The number of nitrogens with zero attached hydrogens (tertiary/aromatic N) is 1. The molecular formula is C10H12N2O4. The first-order valence-electron chi connectivity index (χ1n) is 4.66. The molecule has 0 aliphatic rings. The lowest BCUT2D eigenvalue weighted by Crippen LogP contribution is -2.25. The van der Waals surface area contributed by atoms with Crippen molar-refractivity contribution in [3.63, 3.8) is 0 Å². The number of aryl methyl sites for hydroxylation is 1. The minimum absolute atomic E-state index is 0.0218. The van der Waals surface area contributed by atoms with Crippen LogP contribution in [0.4, 0.5) is 11.4 Å². The van der Waals surface area contributed by atoms with Crippen LogP contribution in [0.15, 0.2) is 18.2 Å². The number of rotatable bonds is 4. The van der Waals surface area contributed by atoms with Gasteiger partial charge in [-0.3, -0.25) is 14.9 Å².